The molecule has 1 aromatic rings. The average molecular weight is 230 g/mol. The van der Waals surface area contributed by atoms with E-state index in [1.165, 1.54) is 19.3 Å². The summed E-state index contributed by atoms with van der Waals surface area (Å²) in [5.74, 6) is 0.902. The molecule has 3 nitrogen and oxygen atoms in total. The molecule has 3 heteroatoms. The molecule has 1 heterocycles. The fourth-order valence-electron chi connectivity index (χ4n) is 3.28. The minimum absolute atomic E-state index is 0.160. The van der Waals surface area contributed by atoms with Crippen LogP contribution in [-0.4, -0.2) is 23.4 Å². The molecular weight excluding hydrogens is 212 g/mol. The molecule has 2 bridgehead atoms. The topological polar surface area (TPSA) is 46.3 Å². The first-order valence-corrected chi connectivity index (χ1v) is 6.31. The van der Waals surface area contributed by atoms with Gasteiger partial charge in [0.15, 0.2) is 0 Å². The smallest absolute Gasteiger partial charge is 0.254 e. The van der Waals surface area contributed by atoms with Crippen LogP contribution in [0.3, 0.4) is 0 Å². The van der Waals surface area contributed by atoms with Gasteiger partial charge in [-0.1, -0.05) is 0 Å². The normalized spacial score (nSPS) is 26.5. The number of nitrogens with zero attached hydrogens (tertiary/aromatic N) is 1. The molecule has 0 spiro atoms. The number of rotatable bonds is 1. The van der Waals surface area contributed by atoms with Crippen LogP contribution >= 0.6 is 0 Å². The lowest BCUT2D eigenvalue weighted by Gasteiger charge is -2.27. The maximum absolute atomic E-state index is 12.4. The van der Waals surface area contributed by atoms with Gasteiger partial charge in [-0.15, -0.1) is 0 Å². The van der Waals surface area contributed by atoms with Crippen LogP contribution in [-0.2, 0) is 0 Å². The molecule has 0 radical (unpaired) electrons. The van der Waals surface area contributed by atoms with E-state index in [2.05, 4.69) is 0 Å². The minimum atomic E-state index is 0.160. The van der Waals surface area contributed by atoms with E-state index in [1.807, 2.05) is 24.0 Å². The van der Waals surface area contributed by atoms with Gasteiger partial charge in [0, 0.05) is 23.8 Å². The lowest BCUT2D eigenvalue weighted by Crippen LogP contribution is -2.37. The number of amides is 1. The highest BCUT2D eigenvalue weighted by Crippen LogP contribution is 2.38. The molecule has 1 saturated carbocycles. The first kappa shape index (κ1) is 10.6. The molecule has 2 unspecified atom stereocenters. The van der Waals surface area contributed by atoms with Crippen molar-refractivity contribution in [1.82, 2.24) is 4.90 Å². The van der Waals surface area contributed by atoms with E-state index in [0.717, 1.165) is 23.6 Å². The molecule has 2 aliphatic rings. The van der Waals surface area contributed by atoms with Crippen LogP contribution in [0.15, 0.2) is 18.2 Å². The molecule has 2 N–H and O–H groups in total. The SMILES string of the molecule is Cc1cc(N)cc(C(=O)N2CC3CCC2C3)c1. The third-order valence-corrected chi connectivity index (χ3v) is 4.02. The predicted molar refractivity (Wildman–Crippen MR) is 67.8 cm³/mol. The van der Waals surface area contributed by atoms with Gasteiger partial charge in [0.25, 0.3) is 5.91 Å². The summed E-state index contributed by atoms with van der Waals surface area (Å²) in [5, 5.41) is 0. The Morgan fingerprint density at radius 3 is 2.76 bits per heavy atom. The fraction of sp³-hybridized carbons (Fsp3) is 0.500. The van der Waals surface area contributed by atoms with Crippen LogP contribution in [0, 0.1) is 12.8 Å². The number of likely N-dealkylation sites (tertiary alicyclic amines) is 1. The minimum Gasteiger partial charge on any atom is -0.399 e. The van der Waals surface area contributed by atoms with Crippen molar-refractivity contribution in [3.8, 4) is 0 Å². The first-order valence-electron chi connectivity index (χ1n) is 6.31. The molecule has 2 atom stereocenters. The second kappa shape index (κ2) is 3.76. The summed E-state index contributed by atoms with van der Waals surface area (Å²) >= 11 is 0. The summed E-state index contributed by atoms with van der Waals surface area (Å²) < 4.78 is 0. The number of aryl methyl sites for hydroxylation is 1. The Bertz CT molecular complexity index is 449. The number of nitrogens with two attached hydrogens (primary N) is 1. The first-order chi connectivity index (χ1) is 8.13. The van der Waals surface area contributed by atoms with E-state index < -0.39 is 0 Å². The van der Waals surface area contributed by atoms with Gasteiger partial charge in [0.2, 0.25) is 0 Å². The lowest BCUT2D eigenvalue weighted by atomic mass is 10.1. The summed E-state index contributed by atoms with van der Waals surface area (Å²) in [7, 11) is 0. The summed E-state index contributed by atoms with van der Waals surface area (Å²) in [6.07, 6.45) is 3.68. The molecule has 2 fully saturated rings. The van der Waals surface area contributed by atoms with Crippen molar-refractivity contribution >= 4 is 11.6 Å². The van der Waals surface area contributed by atoms with E-state index in [1.54, 1.807) is 6.07 Å². The fourth-order valence-corrected chi connectivity index (χ4v) is 3.28. The third-order valence-electron chi connectivity index (χ3n) is 4.02. The van der Waals surface area contributed by atoms with Gasteiger partial charge in [-0.05, 0) is 55.9 Å². The Kier molecular flexibility index (Phi) is 2.35. The highest BCUT2D eigenvalue weighted by molar-refractivity contribution is 5.95. The zero-order valence-electron chi connectivity index (χ0n) is 10.1. The standard InChI is InChI=1S/C14H18N2O/c1-9-4-11(7-12(15)5-9)14(17)16-8-10-2-3-13(16)6-10/h4-5,7,10,13H,2-3,6,8,15H2,1H3. The Labute approximate surface area is 102 Å². The van der Waals surface area contributed by atoms with Crippen molar-refractivity contribution in [2.75, 3.05) is 12.3 Å². The number of hydrogen-bond acceptors (Lipinski definition) is 2. The molecule has 1 aliphatic carbocycles. The molecule has 17 heavy (non-hydrogen) atoms. The van der Waals surface area contributed by atoms with Gasteiger partial charge >= 0.3 is 0 Å². The zero-order valence-corrected chi connectivity index (χ0v) is 10.1. The zero-order chi connectivity index (χ0) is 12.0. The summed E-state index contributed by atoms with van der Waals surface area (Å²) in [6.45, 7) is 2.92. The molecule has 3 rings (SSSR count). The van der Waals surface area contributed by atoms with Crippen LogP contribution in [0.25, 0.3) is 0 Å². The van der Waals surface area contributed by atoms with Crippen LogP contribution in [0.2, 0.25) is 0 Å². The van der Waals surface area contributed by atoms with Crippen molar-refractivity contribution in [2.24, 2.45) is 5.92 Å². The van der Waals surface area contributed by atoms with Crippen LogP contribution in [0.5, 0.6) is 0 Å². The van der Waals surface area contributed by atoms with E-state index in [0.29, 0.717) is 11.7 Å². The Morgan fingerprint density at radius 1 is 1.35 bits per heavy atom. The van der Waals surface area contributed by atoms with E-state index >= 15 is 0 Å². The third kappa shape index (κ3) is 1.79. The number of hydrogen-bond donors (Lipinski definition) is 1. The average Bonchev–Trinajstić information content (AvgIpc) is 2.88. The van der Waals surface area contributed by atoms with E-state index in [9.17, 15) is 4.79 Å². The lowest BCUT2D eigenvalue weighted by molar-refractivity contribution is 0.0703. The Morgan fingerprint density at radius 2 is 2.18 bits per heavy atom. The number of fused-ring (bicyclic) bond motifs is 2. The maximum Gasteiger partial charge on any atom is 0.254 e. The van der Waals surface area contributed by atoms with Crippen molar-refractivity contribution in [1.29, 1.82) is 0 Å². The van der Waals surface area contributed by atoms with Crippen LogP contribution in [0.1, 0.15) is 35.2 Å². The van der Waals surface area contributed by atoms with Crippen molar-refractivity contribution in [2.45, 2.75) is 32.2 Å². The van der Waals surface area contributed by atoms with Gasteiger partial charge in [-0.2, -0.15) is 0 Å². The van der Waals surface area contributed by atoms with Crippen molar-refractivity contribution in [3.63, 3.8) is 0 Å². The van der Waals surface area contributed by atoms with E-state index in [-0.39, 0.29) is 5.91 Å². The monoisotopic (exact) mass is 230 g/mol. The van der Waals surface area contributed by atoms with Crippen LogP contribution in [0.4, 0.5) is 5.69 Å². The number of piperidine rings is 1. The summed E-state index contributed by atoms with van der Waals surface area (Å²) in [4.78, 5) is 14.5. The Balaban J connectivity index is 1.86. The second-order valence-electron chi connectivity index (χ2n) is 5.42. The summed E-state index contributed by atoms with van der Waals surface area (Å²) in [5.41, 5.74) is 8.28. The maximum atomic E-state index is 12.4. The van der Waals surface area contributed by atoms with Crippen molar-refractivity contribution in [3.05, 3.63) is 29.3 Å². The number of benzene rings is 1. The van der Waals surface area contributed by atoms with Crippen molar-refractivity contribution < 1.29 is 4.79 Å². The molecule has 1 saturated heterocycles. The Hall–Kier alpha value is -1.51. The van der Waals surface area contributed by atoms with Gasteiger partial charge in [-0.25, -0.2) is 0 Å². The second-order valence-corrected chi connectivity index (χ2v) is 5.42. The number of anilines is 1. The predicted octanol–water partition coefficient (Wildman–Crippen LogP) is 2.20. The largest absolute Gasteiger partial charge is 0.399 e. The highest BCUT2D eigenvalue weighted by atomic mass is 16.2. The van der Waals surface area contributed by atoms with E-state index in [4.69, 9.17) is 5.73 Å². The summed E-state index contributed by atoms with van der Waals surface area (Å²) in [6, 6.07) is 6.10. The molecule has 1 aliphatic heterocycles. The van der Waals surface area contributed by atoms with Gasteiger partial charge in [0.1, 0.15) is 0 Å². The number of carbonyl (C=O) groups excluding carboxylic acids is 1. The van der Waals surface area contributed by atoms with Gasteiger partial charge in [-0.3, -0.25) is 4.79 Å². The van der Waals surface area contributed by atoms with Gasteiger partial charge in [0.05, 0.1) is 0 Å². The molecule has 1 aromatic carbocycles. The molecular formula is C14H18N2O. The van der Waals surface area contributed by atoms with Crippen LogP contribution < -0.4 is 5.73 Å². The molecule has 1 amide bonds. The number of nitrogen functional groups attached to an aromatic ring is 1. The highest BCUT2D eigenvalue weighted by Gasteiger charge is 2.40. The molecule has 0 aromatic heterocycles. The quantitative estimate of drug-likeness (QED) is 0.752. The number of carbonyl (C=O) groups is 1. The van der Waals surface area contributed by atoms with Gasteiger partial charge < -0.3 is 10.6 Å². The molecule has 90 valence electrons.